The number of nitriles is 1. The van der Waals surface area contributed by atoms with E-state index in [0.717, 1.165) is 25.9 Å². The second-order valence-electron chi connectivity index (χ2n) is 10.4. The van der Waals surface area contributed by atoms with Crippen molar-refractivity contribution in [3.05, 3.63) is 65.7 Å². The van der Waals surface area contributed by atoms with Gasteiger partial charge in [-0.1, -0.05) is 62.4 Å². The Bertz CT molecular complexity index is 1060. The summed E-state index contributed by atoms with van der Waals surface area (Å²) in [5, 5.41) is 13.2. The molecule has 1 saturated heterocycles. The van der Waals surface area contributed by atoms with Crippen LogP contribution in [0.4, 0.5) is 0 Å². The molecule has 1 heterocycles. The molecule has 2 aliphatic rings. The highest BCUT2D eigenvalue weighted by atomic mass is 16.5. The molecule has 2 aromatic rings. The van der Waals surface area contributed by atoms with Gasteiger partial charge in [-0.15, -0.1) is 0 Å². The van der Waals surface area contributed by atoms with E-state index in [1.54, 1.807) is 31.4 Å². The quantitative estimate of drug-likeness (QED) is 0.469. The van der Waals surface area contributed by atoms with E-state index in [2.05, 4.69) is 28.4 Å². The number of hydrogen-bond donors (Lipinski definition) is 1. The number of nitrogens with one attached hydrogen (secondary N) is 1. The third kappa shape index (κ3) is 6.73. The number of ketones is 1. The van der Waals surface area contributed by atoms with Crippen molar-refractivity contribution in [3.8, 4) is 11.8 Å². The Hall–Kier alpha value is -3.17. The molecule has 1 saturated carbocycles. The lowest BCUT2D eigenvalue weighted by molar-refractivity contribution is -0.127. The van der Waals surface area contributed by atoms with Crippen LogP contribution in [-0.4, -0.2) is 42.3 Å². The smallest absolute Gasteiger partial charge is 0.224 e. The Balaban J connectivity index is 1.44. The molecule has 1 unspecified atom stereocenters. The van der Waals surface area contributed by atoms with Crippen molar-refractivity contribution in [2.75, 3.05) is 20.2 Å². The van der Waals surface area contributed by atoms with Gasteiger partial charge in [0.25, 0.3) is 0 Å². The van der Waals surface area contributed by atoms with Gasteiger partial charge in [0.2, 0.25) is 5.91 Å². The fourth-order valence-corrected chi connectivity index (χ4v) is 5.65. The molecule has 6 heteroatoms. The van der Waals surface area contributed by atoms with Crippen LogP contribution in [0, 0.1) is 23.2 Å². The first kappa shape index (κ1) is 25.9. The molecule has 0 aromatic heterocycles. The minimum Gasteiger partial charge on any atom is -0.497 e. The summed E-state index contributed by atoms with van der Waals surface area (Å²) in [6.45, 7) is 2.00. The van der Waals surface area contributed by atoms with Crippen molar-refractivity contribution >= 4 is 11.7 Å². The topological polar surface area (TPSA) is 82.4 Å². The first-order valence-corrected chi connectivity index (χ1v) is 13.2. The van der Waals surface area contributed by atoms with Crippen LogP contribution in [0.15, 0.2) is 54.6 Å². The minimum atomic E-state index is -0.917. The first-order chi connectivity index (χ1) is 17.5. The Kier molecular flexibility index (Phi) is 8.77. The Morgan fingerprint density at radius 2 is 1.83 bits per heavy atom. The largest absolute Gasteiger partial charge is 0.497 e. The van der Waals surface area contributed by atoms with Gasteiger partial charge in [0.1, 0.15) is 11.3 Å². The SMILES string of the molecule is COc1ccc(C(=O)C[C@@H](CC2CCCCC2)C(=O)NC2(C#N)CCN(Cc3ccccc3)C2)cc1. The van der Waals surface area contributed by atoms with Crippen molar-refractivity contribution in [1.82, 2.24) is 10.2 Å². The van der Waals surface area contributed by atoms with Gasteiger partial charge in [0.15, 0.2) is 5.78 Å². The molecule has 4 rings (SSSR count). The molecule has 2 fully saturated rings. The summed E-state index contributed by atoms with van der Waals surface area (Å²) in [7, 11) is 1.59. The highest BCUT2D eigenvalue weighted by Gasteiger charge is 2.41. The summed E-state index contributed by atoms with van der Waals surface area (Å²) in [6, 6.07) is 19.6. The molecule has 1 aliphatic carbocycles. The number of amides is 1. The molecule has 0 radical (unpaired) electrons. The number of methoxy groups -OCH3 is 1. The maximum atomic E-state index is 13.6. The molecule has 0 spiro atoms. The number of carbonyl (C=O) groups is 2. The summed E-state index contributed by atoms with van der Waals surface area (Å²) in [4.78, 5) is 29.0. The van der Waals surface area contributed by atoms with E-state index in [4.69, 9.17) is 4.74 Å². The van der Waals surface area contributed by atoms with Crippen LogP contribution in [0.1, 0.15) is 67.3 Å². The van der Waals surface area contributed by atoms with Crippen molar-refractivity contribution in [2.45, 2.75) is 63.5 Å². The molecule has 6 nitrogen and oxygen atoms in total. The van der Waals surface area contributed by atoms with Gasteiger partial charge in [0, 0.05) is 37.5 Å². The maximum Gasteiger partial charge on any atom is 0.224 e. The van der Waals surface area contributed by atoms with Crippen LogP contribution in [-0.2, 0) is 11.3 Å². The summed E-state index contributed by atoms with van der Waals surface area (Å²) < 4.78 is 5.20. The van der Waals surface area contributed by atoms with Crippen LogP contribution in [0.2, 0.25) is 0 Å². The molecule has 1 N–H and O–H groups in total. The number of carbonyl (C=O) groups excluding carboxylic acids is 2. The molecule has 2 aromatic carbocycles. The van der Waals surface area contributed by atoms with Gasteiger partial charge < -0.3 is 10.1 Å². The van der Waals surface area contributed by atoms with Crippen LogP contribution >= 0.6 is 0 Å². The second kappa shape index (κ2) is 12.2. The van der Waals surface area contributed by atoms with Gasteiger partial charge in [-0.3, -0.25) is 14.5 Å². The highest BCUT2D eigenvalue weighted by molar-refractivity contribution is 5.98. The third-order valence-electron chi connectivity index (χ3n) is 7.73. The summed E-state index contributed by atoms with van der Waals surface area (Å²) >= 11 is 0. The third-order valence-corrected chi connectivity index (χ3v) is 7.73. The lowest BCUT2D eigenvalue weighted by Crippen LogP contribution is -2.51. The Labute approximate surface area is 214 Å². The van der Waals surface area contributed by atoms with Crippen LogP contribution in [0.25, 0.3) is 0 Å². The van der Waals surface area contributed by atoms with Crippen molar-refractivity contribution in [2.24, 2.45) is 11.8 Å². The molecule has 190 valence electrons. The maximum absolute atomic E-state index is 13.6. The first-order valence-electron chi connectivity index (χ1n) is 13.2. The van der Waals surface area contributed by atoms with Crippen molar-refractivity contribution in [3.63, 3.8) is 0 Å². The van der Waals surface area contributed by atoms with E-state index in [9.17, 15) is 14.9 Å². The van der Waals surface area contributed by atoms with E-state index in [1.165, 1.54) is 24.8 Å². The molecular formula is C30H37N3O3. The molecular weight excluding hydrogens is 450 g/mol. The summed E-state index contributed by atoms with van der Waals surface area (Å²) in [6.07, 6.45) is 7.26. The van der Waals surface area contributed by atoms with Gasteiger partial charge in [-0.25, -0.2) is 0 Å². The fraction of sp³-hybridized carbons (Fsp3) is 0.500. The number of benzene rings is 2. The normalized spacial score (nSPS) is 21.4. The van der Waals surface area contributed by atoms with E-state index in [1.807, 2.05) is 18.2 Å². The lowest BCUT2D eigenvalue weighted by atomic mass is 9.80. The van der Waals surface area contributed by atoms with Gasteiger partial charge in [0.05, 0.1) is 13.2 Å². The number of rotatable bonds is 10. The van der Waals surface area contributed by atoms with Crippen LogP contribution in [0.5, 0.6) is 5.75 Å². The predicted octanol–water partition coefficient (Wildman–Crippen LogP) is 5.14. The Morgan fingerprint density at radius 3 is 2.50 bits per heavy atom. The monoisotopic (exact) mass is 487 g/mol. The van der Waals surface area contributed by atoms with Gasteiger partial charge >= 0.3 is 0 Å². The zero-order chi connectivity index (χ0) is 25.4. The minimum absolute atomic E-state index is 0.0447. The summed E-state index contributed by atoms with van der Waals surface area (Å²) in [5.41, 5.74) is 0.861. The average molecular weight is 488 g/mol. The molecule has 0 bridgehead atoms. The molecule has 2 atom stereocenters. The number of hydrogen-bond acceptors (Lipinski definition) is 5. The molecule has 36 heavy (non-hydrogen) atoms. The highest BCUT2D eigenvalue weighted by Crippen LogP contribution is 2.32. The zero-order valence-corrected chi connectivity index (χ0v) is 21.2. The second-order valence-corrected chi connectivity index (χ2v) is 10.4. The number of Topliss-reactive ketones (excluding diaryl/α,β-unsaturated/α-hetero) is 1. The number of nitrogens with zero attached hydrogens (tertiary/aromatic N) is 2. The Morgan fingerprint density at radius 1 is 1.11 bits per heavy atom. The summed E-state index contributed by atoms with van der Waals surface area (Å²) in [5.74, 6) is 0.507. The van der Waals surface area contributed by atoms with Crippen molar-refractivity contribution in [1.29, 1.82) is 5.26 Å². The molecule has 1 aliphatic heterocycles. The number of ether oxygens (including phenoxy) is 1. The van der Waals surface area contributed by atoms with Crippen LogP contribution in [0.3, 0.4) is 0 Å². The standard InChI is InChI=1S/C30H37N3O3/c1-36-27-14-12-25(13-15-27)28(34)19-26(18-23-8-4-2-5-9-23)29(35)32-30(21-31)16-17-33(22-30)20-24-10-6-3-7-11-24/h3,6-7,10-15,23,26H,2,4-5,8-9,16-20,22H2,1H3,(H,32,35)/t26-,30?/m1/s1. The van der Waals surface area contributed by atoms with Crippen molar-refractivity contribution < 1.29 is 14.3 Å². The van der Waals surface area contributed by atoms with Gasteiger partial charge in [-0.05, 0) is 48.6 Å². The van der Waals surface area contributed by atoms with E-state index < -0.39 is 11.5 Å². The number of likely N-dealkylation sites (tertiary alicyclic amines) is 1. The predicted molar refractivity (Wildman–Crippen MR) is 139 cm³/mol. The fourth-order valence-electron chi connectivity index (χ4n) is 5.65. The zero-order valence-electron chi connectivity index (χ0n) is 21.2. The lowest BCUT2D eigenvalue weighted by Gasteiger charge is -2.29. The van der Waals surface area contributed by atoms with Gasteiger partial charge in [-0.2, -0.15) is 5.26 Å². The van der Waals surface area contributed by atoms with E-state index in [-0.39, 0.29) is 18.1 Å². The van der Waals surface area contributed by atoms with Crippen LogP contribution < -0.4 is 10.1 Å². The van der Waals surface area contributed by atoms with E-state index >= 15 is 0 Å². The molecule has 1 amide bonds. The average Bonchev–Trinajstić information content (AvgIpc) is 3.32. The van der Waals surface area contributed by atoms with E-state index in [0.29, 0.717) is 36.6 Å².